The molecule has 4 rings (SSSR count). The fourth-order valence-corrected chi connectivity index (χ4v) is 5.52. The Morgan fingerprint density at radius 3 is 2.55 bits per heavy atom. The Morgan fingerprint density at radius 1 is 1.24 bits per heavy atom. The van der Waals surface area contributed by atoms with Crippen LogP contribution in [-0.2, 0) is 17.1 Å². The molecular formula is C28H36N6O7S. The van der Waals surface area contributed by atoms with Crippen LogP contribution >= 0.6 is 0 Å². The topological polar surface area (TPSA) is 155 Å². The van der Waals surface area contributed by atoms with Crippen molar-refractivity contribution in [3.05, 3.63) is 60.6 Å². The zero-order valence-electron chi connectivity index (χ0n) is 24.1. The number of urea groups is 1. The van der Waals surface area contributed by atoms with E-state index in [1.807, 2.05) is 6.92 Å². The van der Waals surface area contributed by atoms with E-state index in [-0.39, 0.29) is 53.7 Å². The van der Waals surface area contributed by atoms with Crippen molar-refractivity contribution >= 4 is 33.3 Å². The van der Waals surface area contributed by atoms with E-state index in [0.717, 1.165) is 0 Å². The lowest BCUT2D eigenvalue weighted by Crippen LogP contribution is -2.50. The number of sulfonamides is 1. The number of carbonyl (C=O) groups excluding carboxylic acids is 2. The summed E-state index contributed by atoms with van der Waals surface area (Å²) in [5, 5.41) is 12.6. The van der Waals surface area contributed by atoms with Crippen LogP contribution in [0, 0.1) is 5.92 Å². The van der Waals surface area contributed by atoms with Crippen molar-refractivity contribution in [1.29, 1.82) is 0 Å². The number of anilines is 2. The van der Waals surface area contributed by atoms with Crippen molar-refractivity contribution in [3.8, 4) is 11.5 Å². The largest absolute Gasteiger partial charge is 0.497 e. The van der Waals surface area contributed by atoms with E-state index in [0.29, 0.717) is 11.4 Å². The number of aliphatic hydroxyl groups is 1. The van der Waals surface area contributed by atoms with Gasteiger partial charge >= 0.3 is 6.03 Å². The van der Waals surface area contributed by atoms with E-state index in [1.54, 1.807) is 52.4 Å². The first-order valence-corrected chi connectivity index (χ1v) is 14.8. The molecule has 226 valence electrons. The summed E-state index contributed by atoms with van der Waals surface area (Å²) in [6.07, 6.45) is 2.20. The number of carbonyl (C=O) groups is 2. The molecule has 3 amide bonds. The van der Waals surface area contributed by atoms with E-state index in [2.05, 4.69) is 15.0 Å². The number of likely N-dealkylation sites (N-methyl/N-ethyl adjacent to an activating group) is 1. The first-order valence-electron chi connectivity index (χ1n) is 13.3. The predicted octanol–water partition coefficient (Wildman–Crippen LogP) is 2.61. The van der Waals surface area contributed by atoms with Gasteiger partial charge in [-0.25, -0.2) is 9.78 Å². The monoisotopic (exact) mass is 600 g/mol. The van der Waals surface area contributed by atoms with Crippen LogP contribution in [0.3, 0.4) is 0 Å². The molecule has 2 heterocycles. The van der Waals surface area contributed by atoms with Gasteiger partial charge in [0.15, 0.2) is 5.03 Å². The Kier molecular flexibility index (Phi) is 9.27. The molecule has 14 heteroatoms. The number of nitrogens with one attached hydrogen (secondary N) is 2. The highest BCUT2D eigenvalue weighted by Gasteiger charge is 2.34. The number of aromatic nitrogens is 2. The van der Waals surface area contributed by atoms with Crippen LogP contribution in [-0.4, -0.2) is 90.8 Å². The van der Waals surface area contributed by atoms with E-state index >= 15 is 0 Å². The number of amides is 3. The third kappa shape index (κ3) is 6.94. The minimum absolute atomic E-state index is 0.124. The molecule has 3 atom stereocenters. The molecule has 1 aliphatic rings. The Hall–Kier alpha value is -4.30. The molecule has 1 aromatic heterocycles. The van der Waals surface area contributed by atoms with Gasteiger partial charge in [0, 0.05) is 44.1 Å². The molecule has 0 unspecified atom stereocenters. The number of rotatable bonds is 9. The molecule has 0 bridgehead atoms. The summed E-state index contributed by atoms with van der Waals surface area (Å²) in [7, 11) is 0.852. The molecule has 42 heavy (non-hydrogen) atoms. The summed E-state index contributed by atoms with van der Waals surface area (Å²) in [5.74, 6) is 0.258. The van der Waals surface area contributed by atoms with Crippen LogP contribution in [0.1, 0.15) is 24.2 Å². The lowest BCUT2D eigenvalue weighted by molar-refractivity contribution is 0.0371. The second-order valence-corrected chi connectivity index (χ2v) is 12.0. The molecule has 0 aliphatic carbocycles. The smallest absolute Gasteiger partial charge is 0.321 e. The number of fused-ring (bicyclic) bond motifs is 1. The van der Waals surface area contributed by atoms with Crippen LogP contribution in [0.15, 0.2) is 60.0 Å². The quantitative estimate of drug-likeness (QED) is 0.339. The zero-order chi connectivity index (χ0) is 30.6. The molecule has 0 radical (unpaired) electrons. The summed E-state index contributed by atoms with van der Waals surface area (Å²) in [4.78, 5) is 33.6. The molecule has 0 fully saturated rings. The number of hydrogen-bond acceptors (Lipinski definition) is 8. The van der Waals surface area contributed by atoms with Gasteiger partial charge in [-0.2, -0.15) is 8.42 Å². The Morgan fingerprint density at radius 2 is 1.93 bits per heavy atom. The van der Waals surface area contributed by atoms with Gasteiger partial charge in [0.25, 0.3) is 15.9 Å². The van der Waals surface area contributed by atoms with E-state index < -0.39 is 28.1 Å². The number of methoxy groups -OCH3 is 1. The molecule has 2 aromatic carbocycles. The van der Waals surface area contributed by atoms with Crippen molar-refractivity contribution in [2.24, 2.45) is 13.0 Å². The molecule has 13 nitrogen and oxygen atoms in total. The van der Waals surface area contributed by atoms with Gasteiger partial charge in [-0.05, 0) is 49.4 Å². The van der Waals surface area contributed by atoms with Gasteiger partial charge < -0.3 is 34.3 Å². The molecule has 0 saturated heterocycles. The van der Waals surface area contributed by atoms with Crippen LogP contribution in [0.5, 0.6) is 11.5 Å². The molecule has 3 aromatic rings. The number of aryl methyl sites for hydroxylation is 1. The van der Waals surface area contributed by atoms with E-state index in [1.165, 1.54) is 45.1 Å². The molecule has 0 saturated carbocycles. The molecule has 3 N–H and O–H groups in total. The Labute approximate surface area is 245 Å². The van der Waals surface area contributed by atoms with Crippen molar-refractivity contribution < 1.29 is 32.6 Å². The lowest BCUT2D eigenvalue weighted by atomic mass is 9.99. The minimum atomic E-state index is -4.01. The summed E-state index contributed by atoms with van der Waals surface area (Å²) in [5.41, 5.74) is 0.867. The average molecular weight is 601 g/mol. The van der Waals surface area contributed by atoms with Gasteiger partial charge in [0.2, 0.25) is 0 Å². The normalized spacial score (nSPS) is 17.8. The minimum Gasteiger partial charge on any atom is -0.497 e. The molecular weight excluding hydrogens is 564 g/mol. The van der Waals surface area contributed by atoms with Crippen molar-refractivity contribution in [2.75, 3.05) is 43.9 Å². The predicted molar refractivity (Wildman–Crippen MR) is 156 cm³/mol. The first-order chi connectivity index (χ1) is 19.9. The number of ether oxygens (including phenoxy) is 2. The average Bonchev–Trinajstić information content (AvgIpc) is 3.42. The third-order valence-corrected chi connectivity index (χ3v) is 8.28. The van der Waals surface area contributed by atoms with Gasteiger partial charge in [0.1, 0.15) is 17.6 Å². The van der Waals surface area contributed by atoms with Crippen molar-refractivity contribution in [3.63, 3.8) is 0 Å². The number of aliphatic hydroxyl groups excluding tert-OH is 1. The van der Waals surface area contributed by atoms with Crippen LogP contribution in [0.2, 0.25) is 0 Å². The maximum Gasteiger partial charge on any atom is 0.321 e. The fourth-order valence-electron chi connectivity index (χ4n) is 4.49. The number of imidazole rings is 1. The van der Waals surface area contributed by atoms with E-state index in [4.69, 9.17) is 9.47 Å². The zero-order valence-corrected chi connectivity index (χ0v) is 25.0. The summed E-state index contributed by atoms with van der Waals surface area (Å²) in [6, 6.07) is 10.5. The number of nitrogens with zero attached hydrogens (tertiary/aromatic N) is 4. The first kappa shape index (κ1) is 30.7. The van der Waals surface area contributed by atoms with Crippen molar-refractivity contribution in [2.45, 2.75) is 31.0 Å². The Balaban J connectivity index is 1.59. The third-order valence-electron chi connectivity index (χ3n) is 7.02. The highest BCUT2D eigenvalue weighted by atomic mass is 32.2. The SMILES string of the molecule is COc1ccc(NC(=O)N(C)C[C@H]2Oc3ccc(NS(=O)(=O)c4cn(C)cn4)cc3C(=O)N([C@@H](C)CO)C[C@H]2C)cc1. The number of hydrogen-bond donors (Lipinski definition) is 3. The highest BCUT2D eigenvalue weighted by Crippen LogP contribution is 2.31. The maximum atomic E-state index is 13.7. The van der Waals surface area contributed by atoms with E-state index in [9.17, 15) is 23.1 Å². The summed E-state index contributed by atoms with van der Waals surface area (Å²) < 4.78 is 41.2. The standard InChI is InChI=1S/C28H36N6O7S/c1-18-13-34(19(2)16-35)27(36)23-12-21(31-42(38,39)26-15-32(3)17-29-26)8-11-24(23)41-25(18)14-33(4)28(37)30-20-6-9-22(40-5)10-7-20/h6-12,15,17-19,25,31,35H,13-14,16H2,1-5H3,(H,30,37)/t18-,19+,25-/m1/s1. The van der Waals surface area contributed by atoms with Crippen LogP contribution < -0.4 is 19.5 Å². The van der Waals surface area contributed by atoms with Crippen LogP contribution in [0.25, 0.3) is 0 Å². The maximum absolute atomic E-state index is 13.7. The number of benzene rings is 2. The molecule has 0 spiro atoms. The highest BCUT2D eigenvalue weighted by molar-refractivity contribution is 7.92. The van der Waals surface area contributed by atoms with Gasteiger partial charge in [-0.15, -0.1) is 0 Å². The van der Waals surface area contributed by atoms with Crippen LogP contribution in [0.4, 0.5) is 16.2 Å². The second-order valence-electron chi connectivity index (χ2n) is 10.4. The Bertz CT molecular complexity index is 1530. The van der Waals surface area contributed by atoms with Crippen molar-refractivity contribution in [1.82, 2.24) is 19.4 Å². The molecule has 1 aliphatic heterocycles. The fraction of sp³-hybridized carbons (Fsp3) is 0.393. The van der Waals surface area contributed by atoms with Gasteiger partial charge in [-0.1, -0.05) is 6.92 Å². The summed E-state index contributed by atoms with van der Waals surface area (Å²) in [6.45, 7) is 3.79. The lowest BCUT2D eigenvalue weighted by Gasteiger charge is -2.38. The summed E-state index contributed by atoms with van der Waals surface area (Å²) >= 11 is 0. The second kappa shape index (κ2) is 12.7. The van der Waals surface area contributed by atoms with Gasteiger partial charge in [-0.3, -0.25) is 9.52 Å². The van der Waals surface area contributed by atoms with Gasteiger partial charge in [0.05, 0.1) is 38.2 Å².